The molecule has 0 saturated heterocycles. The maximum absolute atomic E-state index is 12.6. The van der Waals surface area contributed by atoms with Crippen LogP contribution in [0.5, 0.6) is 11.5 Å². The third-order valence-corrected chi connectivity index (χ3v) is 5.73. The second-order valence-corrected chi connectivity index (χ2v) is 7.98. The molecule has 0 saturated carbocycles. The molecule has 4 rings (SSSR count). The van der Waals surface area contributed by atoms with Crippen molar-refractivity contribution in [2.24, 2.45) is 0 Å². The van der Waals surface area contributed by atoms with E-state index in [0.717, 1.165) is 10.1 Å². The molecule has 0 aliphatic carbocycles. The molecule has 1 atom stereocenters. The second kappa shape index (κ2) is 8.62. The van der Waals surface area contributed by atoms with Crippen LogP contribution in [-0.4, -0.2) is 49.8 Å². The summed E-state index contributed by atoms with van der Waals surface area (Å²) in [5, 5.41) is 3.76. The number of nitrogens with one attached hydrogen (secondary N) is 1. The van der Waals surface area contributed by atoms with Crippen molar-refractivity contribution in [1.29, 1.82) is 0 Å². The molecular weight excluding hydrogens is 404 g/mol. The molecule has 2 heterocycles. The fourth-order valence-corrected chi connectivity index (χ4v) is 4.12. The Labute approximate surface area is 178 Å². The zero-order valence-electron chi connectivity index (χ0n) is 16.7. The molecule has 1 aromatic heterocycles. The first-order valence-corrected chi connectivity index (χ1v) is 10.5. The molecule has 0 bridgehead atoms. The Hall–Kier alpha value is -3.26. The van der Waals surface area contributed by atoms with Crippen molar-refractivity contribution < 1.29 is 23.8 Å². The number of para-hydroxylation sites is 2. The van der Waals surface area contributed by atoms with Gasteiger partial charge in [0.2, 0.25) is 0 Å². The number of amides is 2. The van der Waals surface area contributed by atoms with Gasteiger partial charge in [0, 0.05) is 17.4 Å². The summed E-state index contributed by atoms with van der Waals surface area (Å²) >= 11 is 1.37. The first kappa shape index (κ1) is 20.0. The standard InChI is InChI=1S/C22H22N2O5S/c1-3-27-21(25)20-11-14-10-15(8-9-19(14)30-20)23-22(26)24(2)12-16-13-28-17-6-4-5-7-18(17)29-16/h4-11,16H,3,12-13H2,1-2H3,(H,23,26). The van der Waals surface area contributed by atoms with E-state index in [1.54, 1.807) is 24.9 Å². The highest BCUT2D eigenvalue weighted by atomic mass is 32.1. The molecule has 0 fully saturated rings. The highest BCUT2D eigenvalue weighted by molar-refractivity contribution is 7.20. The van der Waals surface area contributed by atoms with Gasteiger partial charge in [-0.1, -0.05) is 12.1 Å². The first-order chi connectivity index (χ1) is 14.5. The number of carbonyl (C=O) groups excluding carboxylic acids is 2. The molecular formula is C22H22N2O5S. The quantitative estimate of drug-likeness (QED) is 0.613. The summed E-state index contributed by atoms with van der Waals surface area (Å²) in [4.78, 5) is 26.6. The van der Waals surface area contributed by atoms with Crippen LogP contribution >= 0.6 is 11.3 Å². The maximum Gasteiger partial charge on any atom is 0.348 e. The van der Waals surface area contributed by atoms with Crippen LogP contribution in [0.1, 0.15) is 16.6 Å². The lowest BCUT2D eigenvalue weighted by Crippen LogP contribution is -2.43. The van der Waals surface area contributed by atoms with E-state index in [1.807, 2.05) is 42.5 Å². The van der Waals surface area contributed by atoms with Gasteiger partial charge in [-0.25, -0.2) is 9.59 Å². The van der Waals surface area contributed by atoms with Gasteiger partial charge in [0.05, 0.1) is 13.2 Å². The zero-order valence-corrected chi connectivity index (χ0v) is 17.5. The smallest absolute Gasteiger partial charge is 0.348 e. The molecule has 0 radical (unpaired) electrons. The van der Waals surface area contributed by atoms with Gasteiger partial charge in [0.25, 0.3) is 0 Å². The fourth-order valence-electron chi connectivity index (χ4n) is 3.18. The summed E-state index contributed by atoms with van der Waals surface area (Å²) < 4.78 is 17.6. The highest BCUT2D eigenvalue weighted by Crippen LogP contribution is 2.31. The van der Waals surface area contributed by atoms with E-state index in [1.165, 1.54) is 11.3 Å². The van der Waals surface area contributed by atoms with Gasteiger partial charge in [-0.2, -0.15) is 0 Å². The number of urea groups is 1. The van der Waals surface area contributed by atoms with Crippen LogP contribution in [0, 0.1) is 0 Å². The molecule has 3 aromatic rings. The number of fused-ring (bicyclic) bond motifs is 2. The lowest BCUT2D eigenvalue weighted by atomic mass is 10.2. The summed E-state index contributed by atoms with van der Waals surface area (Å²) in [5.74, 6) is 1.07. The predicted molar refractivity (Wildman–Crippen MR) is 116 cm³/mol. The number of benzene rings is 2. The van der Waals surface area contributed by atoms with Crippen molar-refractivity contribution in [3.8, 4) is 11.5 Å². The minimum atomic E-state index is -0.333. The van der Waals surface area contributed by atoms with Crippen LogP contribution in [0.3, 0.4) is 0 Å². The van der Waals surface area contributed by atoms with Crippen LogP contribution in [0.25, 0.3) is 10.1 Å². The van der Waals surface area contributed by atoms with Gasteiger partial charge in [0.15, 0.2) is 17.6 Å². The number of nitrogens with zero attached hydrogens (tertiary/aromatic N) is 1. The topological polar surface area (TPSA) is 77.1 Å². The van der Waals surface area contributed by atoms with E-state index in [2.05, 4.69) is 5.32 Å². The molecule has 7 nitrogen and oxygen atoms in total. The fraction of sp³-hybridized carbons (Fsp3) is 0.273. The number of esters is 1. The van der Waals surface area contributed by atoms with Crippen LogP contribution in [0.4, 0.5) is 10.5 Å². The number of likely N-dealkylation sites (N-methyl/N-ethyl adjacent to an activating group) is 1. The SMILES string of the molecule is CCOC(=O)c1cc2cc(NC(=O)N(C)CC3COc4ccccc4O3)ccc2s1. The number of carbonyl (C=O) groups is 2. The number of rotatable bonds is 5. The van der Waals surface area contributed by atoms with Crippen molar-refractivity contribution in [1.82, 2.24) is 4.90 Å². The van der Waals surface area contributed by atoms with E-state index in [9.17, 15) is 9.59 Å². The molecule has 2 amide bonds. The Bertz CT molecular complexity index is 1080. The van der Waals surface area contributed by atoms with Crippen molar-refractivity contribution in [3.05, 3.63) is 53.4 Å². The first-order valence-electron chi connectivity index (χ1n) is 9.65. The molecule has 1 aliphatic rings. The monoisotopic (exact) mass is 426 g/mol. The summed E-state index contributed by atoms with van der Waals surface area (Å²) in [6.45, 7) is 2.88. The number of thiophene rings is 1. The number of hydrogen-bond donors (Lipinski definition) is 1. The molecule has 8 heteroatoms. The van der Waals surface area contributed by atoms with Crippen LogP contribution in [0.15, 0.2) is 48.5 Å². The number of hydrogen-bond acceptors (Lipinski definition) is 6. The lowest BCUT2D eigenvalue weighted by molar-refractivity contribution is 0.0532. The Kier molecular flexibility index (Phi) is 5.76. The molecule has 156 valence electrons. The average Bonchev–Trinajstić information content (AvgIpc) is 3.17. The van der Waals surface area contributed by atoms with Crippen LogP contribution in [0.2, 0.25) is 0 Å². The van der Waals surface area contributed by atoms with Gasteiger partial charge in [-0.15, -0.1) is 11.3 Å². The molecule has 2 aromatic carbocycles. The third kappa shape index (κ3) is 4.33. The normalized spacial score (nSPS) is 14.9. The zero-order chi connectivity index (χ0) is 21.1. The number of ether oxygens (including phenoxy) is 3. The Morgan fingerprint density at radius 2 is 2.00 bits per heavy atom. The van der Waals surface area contributed by atoms with Gasteiger partial charge in [-0.05, 0) is 48.7 Å². The van der Waals surface area contributed by atoms with Crippen LogP contribution in [-0.2, 0) is 4.74 Å². The van der Waals surface area contributed by atoms with Gasteiger partial charge < -0.3 is 24.4 Å². The third-order valence-electron chi connectivity index (χ3n) is 4.64. The summed E-state index contributed by atoms with van der Waals surface area (Å²) in [5.41, 5.74) is 0.652. The molecule has 1 N–H and O–H groups in total. The van der Waals surface area contributed by atoms with E-state index < -0.39 is 0 Å². The largest absolute Gasteiger partial charge is 0.486 e. The van der Waals surface area contributed by atoms with Crippen molar-refractivity contribution in [3.63, 3.8) is 0 Å². The molecule has 1 aliphatic heterocycles. The maximum atomic E-state index is 12.6. The summed E-state index contributed by atoms with van der Waals surface area (Å²) in [6, 6.07) is 14.6. The summed E-state index contributed by atoms with van der Waals surface area (Å²) in [6.07, 6.45) is -0.248. The van der Waals surface area contributed by atoms with Gasteiger partial charge in [0.1, 0.15) is 11.5 Å². The summed E-state index contributed by atoms with van der Waals surface area (Å²) in [7, 11) is 1.71. The van der Waals surface area contributed by atoms with Crippen LogP contribution < -0.4 is 14.8 Å². The second-order valence-electron chi connectivity index (χ2n) is 6.89. The van der Waals surface area contributed by atoms with E-state index >= 15 is 0 Å². The van der Waals surface area contributed by atoms with E-state index in [4.69, 9.17) is 14.2 Å². The number of anilines is 1. The predicted octanol–water partition coefficient (Wildman–Crippen LogP) is 4.38. The Balaban J connectivity index is 1.38. The van der Waals surface area contributed by atoms with Gasteiger partial charge in [-0.3, -0.25) is 0 Å². The average molecular weight is 426 g/mol. The van der Waals surface area contributed by atoms with Crippen molar-refractivity contribution >= 4 is 39.1 Å². The minimum absolute atomic E-state index is 0.248. The molecule has 30 heavy (non-hydrogen) atoms. The van der Waals surface area contributed by atoms with Crippen molar-refractivity contribution in [2.75, 3.05) is 32.1 Å². The van der Waals surface area contributed by atoms with E-state index in [0.29, 0.717) is 41.8 Å². The Morgan fingerprint density at radius 3 is 2.80 bits per heavy atom. The van der Waals surface area contributed by atoms with E-state index in [-0.39, 0.29) is 18.1 Å². The van der Waals surface area contributed by atoms with Gasteiger partial charge >= 0.3 is 12.0 Å². The highest BCUT2D eigenvalue weighted by Gasteiger charge is 2.23. The molecule has 1 unspecified atom stereocenters. The minimum Gasteiger partial charge on any atom is -0.486 e. The Morgan fingerprint density at radius 1 is 1.20 bits per heavy atom. The lowest BCUT2D eigenvalue weighted by Gasteiger charge is -2.29. The molecule has 0 spiro atoms. The van der Waals surface area contributed by atoms with Crippen molar-refractivity contribution in [2.45, 2.75) is 13.0 Å².